The first-order chi connectivity index (χ1) is 9.15. The SMILES string of the molecule is Cc1ccc(OCCc2ncc(C(=O)O)cn2)cc1. The molecule has 19 heavy (non-hydrogen) atoms. The van der Waals surface area contributed by atoms with Crippen LogP contribution in [0.25, 0.3) is 0 Å². The highest BCUT2D eigenvalue weighted by molar-refractivity contribution is 5.86. The second-order valence-electron chi connectivity index (χ2n) is 4.10. The third kappa shape index (κ3) is 3.77. The average molecular weight is 258 g/mol. The van der Waals surface area contributed by atoms with Gasteiger partial charge < -0.3 is 9.84 Å². The minimum absolute atomic E-state index is 0.0863. The zero-order valence-electron chi connectivity index (χ0n) is 10.5. The van der Waals surface area contributed by atoms with Gasteiger partial charge in [-0.05, 0) is 19.1 Å². The van der Waals surface area contributed by atoms with Gasteiger partial charge in [-0.25, -0.2) is 14.8 Å². The normalized spacial score (nSPS) is 10.2. The van der Waals surface area contributed by atoms with Crippen LogP contribution in [0.5, 0.6) is 5.75 Å². The van der Waals surface area contributed by atoms with Crippen molar-refractivity contribution in [1.29, 1.82) is 0 Å². The number of aromatic carboxylic acids is 1. The molecule has 1 aromatic heterocycles. The van der Waals surface area contributed by atoms with Gasteiger partial charge in [0.2, 0.25) is 0 Å². The Balaban J connectivity index is 1.85. The van der Waals surface area contributed by atoms with Crippen LogP contribution in [-0.4, -0.2) is 27.7 Å². The molecule has 0 aliphatic heterocycles. The average Bonchev–Trinajstić information content (AvgIpc) is 2.41. The van der Waals surface area contributed by atoms with Crippen LogP contribution in [0, 0.1) is 6.92 Å². The zero-order chi connectivity index (χ0) is 13.7. The maximum Gasteiger partial charge on any atom is 0.338 e. The Bertz CT molecular complexity index is 550. The molecule has 0 bridgehead atoms. The molecule has 0 spiro atoms. The quantitative estimate of drug-likeness (QED) is 0.889. The van der Waals surface area contributed by atoms with Crippen LogP contribution in [-0.2, 0) is 6.42 Å². The number of rotatable bonds is 5. The first-order valence-corrected chi connectivity index (χ1v) is 5.89. The zero-order valence-corrected chi connectivity index (χ0v) is 10.5. The van der Waals surface area contributed by atoms with Crippen molar-refractivity contribution < 1.29 is 14.6 Å². The molecule has 0 saturated carbocycles. The largest absolute Gasteiger partial charge is 0.493 e. The first-order valence-electron chi connectivity index (χ1n) is 5.89. The monoisotopic (exact) mass is 258 g/mol. The Morgan fingerprint density at radius 3 is 2.42 bits per heavy atom. The molecule has 0 unspecified atom stereocenters. The summed E-state index contributed by atoms with van der Waals surface area (Å²) in [6.45, 7) is 2.47. The smallest absolute Gasteiger partial charge is 0.338 e. The number of benzene rings is 1. The van der Waals surface area contributed by atoms with Crippen molar-refractivity contribution in [2.24, 2.45) is 0 Å². The Kier molecular flexibility index (Phi) is 4.07. The maximum atomic E-state index is 10.6. The molecule has 98 valence electrons. The fourth-order valence-corrected chi connectivity index (χ4v) is 1.49. The number of aryl methyl sites for hydroxylation is 1. The number of hydrogen-bond donors (Lipinski definition) is 1. The summed E-state index contributed by atoms with van der Waals surface area (Å²) >= 11 is 0. The summed E-state index contributed by atoms with van der Waals surface area (Å²) in [5.41, 5.74) is 1.27. The number of nitrogens with zero attached hydrogens (tertiary/aromatic N) is 2. The molecule has 2 rings (SSSR count). The summed E-state index contributed by atoms with van der Waals surface area (Å²) in [5, 5.41) is 8.72. The summed E-state index contributed by atoms with van der Waals surface area (Å²) in [5.74, 6) is 0.340. The number of hydrogen-bond acceptors (Lipinski definition) is 4. The third-order valence-electron chi connectivity index (χ3n) is 2.57. The predicted molar refractivity (Wildman–Crippen MR) is 69.4 cm³/mol. The van der Waals surface area contributed by atoms with Crippen LogP contribution < -0.4 is 4.74 Å². The summed E-state index contributed by atoms with van der Waals surface area (Å²) in [4.78, 5) is 18.6. The Labute approximate surface area is 110 Å². The molecule has 1 aromatic carbocycles. The van der Waals surface area contributed by atoms with Crippen LogP contribution in [0.2, 0.25) is 0 Å². The van der Waals surface area contributed by atoms with E-state index in [4.69, 9.17) is 9.84 Å². The van der Waals surface area contributed by atoms with Gasteiger partial charge in [0.1, 0.15) is 11.6 Å². The summed E-state index contributed by atoms with van der Waals surface area (Å²) in [6.07, 6.45) is 3.14. The Morgan fingerprint density at radius 2 is 1.84 bits per heavy atom. The third-order valence-corrected chi connectivity index (χ3v) is 2.57. The number of carboxylic acids is 1. The molecule has 0 aliphatic carbocycles. The summed E-state index contributed by atoms with van der Waals surface area (Å²) in [7, 11) is 0. The number of aromatic nitrogens is 2. The van der Waals surface area contributed by atoms with Gasteiger partial charge in [0.15, 0.2) is 0 Å². The van der Waals surface area contributed by atoms with Crippen LogP contribution in [0.4, 0.5) is 0 Å². The molecule has 0 atom stereocenters. The molecule has 5 heteroatoms. The molecule has 1 N–H and O–H groups in total. The number of ether oxygens (including phenoxy) is 1. The van der Waals surface area contributed by atoms with E-state index < -0.39 is 5.97 Å². The van der Waals surface area contributed by atoms with Gasteiger partial charge in [-0.3, -0.25) is 0 Å². The van der Waals surface area contributed by atoms with Gasteiger partial charge in [-0.2, -0.15) is 0 Å². The van der Waals surface area contributed by atoms with E-state index in [1.165, 1.54) is 18.0 Å². The van der Waals surface area contributed by atoms with E-state index in [1.807, 2.05) is 31.2 Å². The van der Waals surface area contributed by atoms with Gasteiger partial charge in [0, 0.05) is 18.8 Å². The van der Waals surface area contributed by atoms with E-state index >= 15 is 0 Å². The predicted octanol–water partition coefficient (Wildman–Crippen LogP) is 2.10. The molecule has 5 nitrogen and oxygen atoms in total. The molecule has 1 heterocycles. The highest BCUT2D eigenvalue weighted by Gasteiger charge is 2.04. The minimum atomic E-state index is -1.03. The van der Waals surface area contributed by atoms with Crippen LogP contribution in [0.3, 0.4) is 0 Å². The Hall–Kier alpha value is -2.43. The molecule has 2 aromatic rings. The lowest BCUT2D eigenvalue weighted by molar-refractivity contribution is 0.0696. The fourth-order valence-electron chi connectivity index (χ4n) is 1.49. The molecule has 0 radical (unpaired) electrons. The van der Waals surface area contributed by atoms with Crippen LogP contribution >= 0.6 is 0 Å². The fraction of sp³-hybridized carbons (Fsp3) is 0.214. The second-order valence-corrected chi connectivity index (χ2v) is 4.10. The summed E-state index contributed by atoms with van der Waals surface area (Å²) < 4.78 is 5.55. The summed E-state index contributed by atoms with van der Waals surface area (Å²) in [6, 6.07) is 7.77. The topological polar surface area (TPSA) is 72.3 Å². The van der Waals surface area contributed by atoms with Crippen molar-refractivity contribution in [1.82, 2.24) is 9.97 Å². The van der Waals surface area contributed by atoms with Gasteiger partial charge in [-0.15, -0.1) is 0 Å². The lowest BCUT2D eigenvalue weighted by Gasteiger charge is -2.05. The second kappa shape index (κ2) is 5.95. The highest BCUT2D eigenvalue weighted by Crippen LogP contribution is 2.11. The van der Waals surface area contributed by atoms with Crippen molar-refractivity contribution in [2.75, 3.05) is 6.61 Å². The Morgan fingerprint density at radius 1 is 1.21 bits per heavy atom. The van der Waals surface area contributed by atoms with Crippen LogP contribution in [0.15, 0.2) is 36.7 Å². The van der Waals surface area contributed by atoms with Crippen LogP contribution in [0.1, 0.15) is 21.7 Å². The van der Waals surface area contributed by atoms with E-state index in [0.717, 1.165) is 5.75 Å². The van der Waals surface area contributed by atoms with Crippen molar-refractivity contribution in [3.05, 3.63) is 53.6 Å². The number of carboxylic acid groups (broad SMARTS) is 1. The van der Waals surface area contributed by atoms with Gasteiger partial charge in [-0.1, -0.05) is 17.7 Å². The lowest BCUT2D eigenvalue weighted by atomic mass is 10.2. The molecular weight excluding hydrogens is 244 g/mol. The minimum Gasteiger partial charge on any atom is -0.493 e. The van der Waals surface area contributed by atoms with E-state index in [2.05, 4.69) is 9.97 Å². The maximum absolute atomic E-state index is 10.6. The van der Waals surface area contributed by atoms with Crippen molar-refractivity contribution in [2.45, 2.75) is 13.3 Å². The van der Waals surface area contributed by atoms with Gasteiger partial charge >= 0.3 is 5.97 Å². The molecule has 0 saturated heterocycles. The van der Waals surface area contributed by atoms with E-state index in [-0.39, 0.29) is 5.56 Å². The van der Waals surface area contributed by atoms with Crippen molar-refractivity contribution in [3.63, 3.8) is 0 Å². The van der Waals surface area contributed by atoms with E-state index in [1.54, 1.807) is 0 Å². The molecule has 0 amide bonds. The molecular formula is C14H14N2O3. The highest BCUT2D eigenvalue weighted by atomic mass is 16.5. The van der Waals surface area contributed by atoms with E-state index in [0.29, 0.717) is 18.9 Å². The first kappa shape index (κ1) is 13.0. The van der Waals surface area contributed by atoms with E-state index in [9.17, 15) is 4.79 Å². The molecule has 0 fully saturated rings. The molecule has 0 aliphatic rings. The number of carbonyl (C=O) groups is 1. The standard InChI is InChI=1S/C14H14N2O3/c1-10-2-4-12(5-3-10)19-7-6-13-15-8-11(9-16-13)14(17)18/h2-5,8-9H,6-7H2,1H3,(H,17,18). The van der Waals surface area contributed by atoms with Crippen molar-refractivity contribution in [3.8, 4) is 5.75 Å². The lowest BCUT2D eigenvalue weighted by Crippen LogP contribution is -2.06. The van der Waals surface area contributed by atoms with Gasteiger partial charge in [0.25, 0.3) is 0 Å². The van der Waals surface area contributed by atoms with Gasteiger partial charge in [0.05, 0.1) is 12.2 Å². The van der Waals surface area contributed by atoms with Crippen molar-refractivity contribution >= 4 is 5.97 Å².